The molecule has 0 N–H and O–H groups in total. The molecule has 1 amide bonds. The van der Waals surface area contributed by atoms with Crippen LogP contribution in [-0.2, 0) is 10.2 Å². The summed E-state index contributed by atoms with van der Waals surface area (Å²) in [6.45, 7) is 14.0. The summed E-state index contributed by atoms with van der Waals surface area (Å²) in [5.74, 6) is 1.43. The predicted octanol–water partition coefficient (Wildman–Crippen LogP) is 4.59. The second-order valence-corrected chi connectivity index (χ2v) is 9.79. The van der Waals surface area contributed by atoms with E-state index in [2.05, 4.69) is 30.7 Å². The quantitative estimate of drug-likeness (QED) is 0.765. The number of carbonyl (C=O) groups excluding carboxylic acids is 1. The monoisotopic (exact) mass is 380 g/mol. The first kappa shape index (κ1) is 20.4. The normalized spacial score (nSPS) is 16.3. The Balaban J connectivity index is 1.91. The molecule has 0 bridgehead atoms. The second kappa shape index (κ2) is 7.61. The predicted molar refractivity (Wildman–Crippen MR) is 112 cm³/mol. The zero-order valence-corrected chi connectivity index (χ0v) is 18.0. The van der Waals surface area contributed by atoms with Gasteiger partial charge in [0.2, 0.25) is 5.91 Å². The molecule has 0 atom stereocenters. The average molecular weight is 381 g/mol. The summed E-state index contributed by atoms with van der Waals surface area (Å²) in [6.07, 6.45) is 7.44. The minimum Gasteiger partial charge on any atom is -0.342 e. The van der Waals surface area contributed by atoms with E-state index in [4.69, 9.17) is 4.98 Å². The first-order valence-electron chi connectivity index (χ1n) is 10.1. The second-order valence-electron chi connectivity index (χ2n) is 9.79. The fraction of sp³-hybridized carbons (Fsp3) is 0.565. The summed E-state index contributed by atoms with van der Waals surface area (Å²) in [7, 11) is 0. The highest BCUT2D eigenvalue weighted by Crippen LogP contribution is 2.35. The minimum atomic E-state index is -0.330. The van der Waals surface area contributed by atoms with Crippen molar-refractivity contribution < 1.29 is 4.79 Å². The molecule has 5 heteroatoms. The molecule has 0 radical (unpaired) electrons. The van der Waals surface area contributed by atoms with E-state index in [0.717, 1.165) is 48.6 Å². The Bertz CT molecular complexity index is 826. The van der Waals surface area contributed by atoms with Gasteiger partial charge in [0.15, 0.2) is 0 Å². The van der Waals surface area contributed by atoms with E-state index in [-0.39, 0.29) is 16.7 Å². The van der Waals surface area contributed by atoms with E-state index in [1.165, 1.54) is 0 Å². The van der Waals surface area contributed by atoms with Crippen molar-refractivity contribution in [3.8, 4) is 11.1 Å². The highest BCUT2D eigenvalue weighted by molar-refractivity contribution is 5.81. The number of aromatic nitrogens is 3. The number of rotatable bonds is 2. The van der Waals surface area contributed by atoms with Crippen LogP contribution < -0.4 is 0 Å². The molecule has 1 aliphatic heterocycles. The smallest absolute Gasteiger partial charge is 0.227 e. The molecule has 0 aromatic carbocycles. The van der Waals surface area contributed by atoms with Gasteiger partial charge in [-0.15, -0.1) is 0 Å². The SMILES string of the molecule is CC(C)(C)C(=O)N1CCC(c2nc(C(C)(C)C)ncc2-c2ccncc2)CC1. The molecule has 150 valence electrons. The summed E-state index contributed by atoms with van der Waals surface area (Å²) in [4.78, 5) is 28.5. The van der Waals surface area contributed by atoms with Crippen molar-refractivity contribution in [2.45, 2.75) is 65.7 Å². The van der Waals surface area contributed by atoms with Crippen LogP contribution in [0.4, 0.5) is 0 Å². The maximum atomic E-state index is 12.6. The van der Waals surface area contributed by atoms with Gasteiger partial charge in [0, 0.05) is 54.0 Å². The third kappa shape index (κ3) is 4.40. The van der Waals surface area contributed by atoms with E-state index >= 15 is 0 Å². The summed E-state index contributed by atoms with van der Waals surface area (Å²) in [5.41, 5.74) is 2.85. The first-order chi connectivity index (χ1) is 13.1. The van der Waals surface area contributed by atoms with Crippen molar-refractivity contribution in [3.05, 3.63) is 42.2 Å². The summed E-state index contributed by atoms with van der Waals surface area (Å²) in [5, 5.41) is 0. The number of amides is 1. The summed E-state index contributed by atoms with van der Waals surface area (Å²) in [6, 6.07) is 4.02. The third-order valence-electron chi connectivity index (χ3n) is 5.29. The molecule has 3 heterocycles. The molecule has 1 aliphatic rings. The van der Waals surface area contributed by atoms with Crippen LogP contribution in [0.2, 0.25) is 0 Å². The lowest BCUT2D eigenvalue weighted by atomic mass is 9.86. The molecule has 2 aromatic heterocycles. The van der Waals surface area contributed by atoms with E-state index in [1.54, 1.807) is 12.4 Å². The minimum absolute atomic E-state index is 0.103. The van der Waals surface area contributed by atoms with Crippen LogP contribution in [0.25, 0.3) is 11.1 Å². The Morgan fingerprint density at radius 1 is 1.04 bits per heavy atom. The lowest BCUT2D eigenvalue weighted by Gasteiger charge is -2.36. The number of carbonyl (C=O) groups is 1. The summed E-state index contributed by atoms with van der Waals surface area (Å²) < 4.78 is 0. The number of hydrogen-bond acceptors (Lipinski definition) is 4. The third-order valence-corrected chi connectivity index (χ3v) is 5.29. The number of likely N-dealkylation sites (tertiary alicyclic amines) is 1. The number of piperidine rings is 1. The Morgan fingerprint density at radius 2 is 1.64 bits per heavy atom. The number of hydrogen-bond donors (Lipinski definition) is 0. The van der Waals surface area contributed by atoms with Crippen molar-refractivity contribution in [2.75, 3.05) is 13.1 Å². The lowest BCUT2D eigenvalue weighted by molar-refractivity contribution is -0.140. The van der Waals surface area contributed by atoms with Gasteiger partial charge >= 0.3 is 0 Å². The Morgan fingerprint density at radius 3 is 2.18 bits per heavy atom. The molecule has 28 heavy (non-hydrogen) atoms. The zero-order chi connectivity index (χ0) is 20.5. The van der Waals surface area contributed by atoms with Crippen molar-refractivity contribution in [3.63, 3.8) is 0 Å². The molecule has 0 saturated carbocycles. The fourth-order valence-corrected chi connectivity index (χ4v) is 3.65. The first-order valence-corrected chi connectivity index (χ1v) is 10.1. The van der Waals surface area contributed by atoms with Gasteiger partial charge in [-0.3, -0.25) is 9.78 Å². The maximum absolute atomic E-state index is 12.6. The standard InChI is InChI=1S/C23H32N4O/c1-22(2,3)20-25-15-18(16-7-11-24-12-8-16)19(26-20)17-9-13-27(14-10-17)21(28)23(4,5)6/h7-8,11-12,15,17H,9-10,13-14H2,1-6H3. The van der Waals surface area contributed by atoms with Crippen molar-refractivity contribution in [2.24, 2.45) is 5.41 Å². The molecule has 5 nitrogen and oxygen atoms in total. The van der Waals surface area contributed by atoms with Gasteiger partial charge in [-0.05, 0) is 30.5 Å². The summed E-state index contributed by atoms with van der Waals surface area (Å²) >= 11 is 0. The number of pyridine rings is 1. The van der Waals surface area contributed by atoms with Crippen molar-refractivity contribution in [1.29, 1.82) is 0 Å². The van der Waals surface area contributed by atoms with Crippen LogP contribution in [0, 0.1) is 5.41 Å². The van der Waals surface area contributed by atoms with Crippen LogP contribution in [0.5, 0.6) is 0 Å². The highest BCUT2D eigenvalue weighted by atomic mass is 16.2. The largest absolute Gasteiger partial charge is 0.342 e. The lowest BCUT2D eigenvalue weighted by Crippen LogP contribution is -2.43. The number of nitrogens with zero attached hydrogens (tertiary/aromatic N) is 4. The maximum Gasteiger partial charge on any atom is 0.227 e. The molecule has 3 rings (SSSR count). The van der Waals surface area contributed by atoms with Crippen LogP contribution in [-0.4, -0.2) is 38.8 Å². The topological polar surface area (TPSA) is 59.0 Å². The van der Waals surface area contributed by atoms with Gasteiger partial charge < -0.3 is 4.90 Å². The van der Waals surface area contributed by atoms with Crippen LogP contribution >= 0.6 is 0 Å². The van der Waals surface area contributed by atoms with Gasteiger partial charge in [-0.1, -0.05) is 41.5 Å². The van der Waals surface area contributed by atoms with E-state index in [0.29, 0.717) is 5.92 Å². The van der Waals surface area contributed by atoms with Crippen LogP contribution in [0.3, 0.4) is 0 Å². The Kier molecular flexibility index (Phi) is 5.55. The van der Waals surface area contributed by atoms with Gasteiger partial charge in [-0.25, -0.2) is 9.97 Å². The van der Waals surface area contributed by atoms with Gasteiger partial charge in [0.1, 0.15) is 5.82 Å². The molecule has 1 saturated heterocycles. The van der Waals surface area contributed by atoms with E-state index in [9.17, 15) is 4.79 Å². The fourth-order valence-electron chi connectivity index (χ4n) is 3.65. The van der Waals surface area contributed by atoms with Gasteiger partial charge in [0.05, 0.1) is 5.69 Å². The van der Waals surface area contributed by atoms with Gasteiger partial charge in [-0.2, -0.15) is 0 Å². The van der Waals surface area contributed by atoms with Crippen LogP contribution in [0.1, 0.15) is 71.8 Å². The molecule has 0 spiro atoms. The average Bonchev–Trinajstić information content (AvgIpc) is 2.66. The molecule has 0 unspecified atom stereocenters. The molecule has 1 fully saturated rings. The van der Waals surface area contributed by atoms with Gasteiger partial charge in [0.25, 0.3) is 0 Å². The zero-order valence-electron chi connectivity index (χ0n) is 18.0. The van der Waals surface area contributed by atoms with Crippen LogP contribution in [0.15, 0.2) is 30.7 Å². The van der Waals surface area contributed by atoms with Crippen molar-refractivity contribution in [1.82, 2.24) is 19.9 Å². The Labute approximate surface area is 168 Å². The molecule has 0 aliphatic carbocycles. The Hall–Kier alpha value is -2.30. The molecule has 2 aromatic rings. The van der Waals surface area contributed by atoms with Crippen molar-refractivity contribution >= 4 is 5.91 Å². The van der Waals surface area contributed by atoms with E-state index < -0.39 is 0 Å². The molecular weight excluding hydrogens is 348 g/mol. The highest BCUT2D eigenvalue weighted by Gasteiger charge is 2.32. The van der Waals surface area contributed by atoms with E-state index in [1.807, 2.05) is 44.0 Å². The molecular formula is C23H32N4O.